The number of quaternary nitrogens is 1. The molecule has 3 heterocycles. The SMILES string of the molecule is CCOC(=O)C1=C/C(=C\C[NH+]2C=CNC2)c2c(cc3c(c2OC2CCCCC2)C[C@@H](C(C)(C)O)O3)O1. The Morgan fingerprint density at radius 3 is 2.78 bits per heavy atom. The summed E-state index contributed by atoms with van der Waals surface area (Å²) in [5, 5.41) is 13.9. The summed E-state index contributed by atoms with van der Waals surface area (Å²) in [7, 11) is 0. The van der Waals surface area contributed by atoms with Gasteiger partial charge in [-0.2, -0.15) is 0 Å². The third-order valence-electron chi connectivity index (χ3n) is 7.21. The molecule has 1 aliphatic carbocycles. The maximum Gasteiger partial charge on any atom is 0.374 e. The lowest BCUT2D eigenvalue weighted by atomic mass is 9.92. The van der Waals surface area contributed by atoms with Crippen LogP contribution in [0.4, 0.5) is 0 Å². The molecule has 0 bridgehead atoms. The van der Waals surface area contributed by atoms with Gasteiger partial charge in [-0.15, -0.1) is 0 Å². The van der Waals surface area contributed by atoms with E-state index in [1.54, 1.807) is 26.8 Å². The quantitative estimate of drug-likeness (QED) is 0.499. The van der Waals surface area contributed by atoms with E-state index in [0.29, 0.717) is 17.9 Å². The topological polar surface area (TPSA) is 90.7 Å². The molecule has 8 nitrogen and oxygen atoms in total. The Hall–Kier alpha value is -2.97. The van der Waals surface area contributed by atoms with Crippen molar-refractivity contribution in [1.29, 1.82) is 0 Å². The Bertz CT molecular complexity index is 1090. The second kappa shape index (κ2) is 10.2. The number of hydrogen-bond acceptors (Lipinski definition) is 7. The molecule has 1 saturated carbocycles. The number of rotatable bonds is 7. The van der Waals surface area contributed by atoms with Gasteiger partial charge in [-0.1, -0.05) is 6.42 Å². The summed E-state index contributed by atoms with van der Waals surface area (Å²) < 4.78 is 24.3. The standard InChI is InChI=1S/C28H36N2O6/c1-4-33-27(31)23-14-18(10-12-30-13-11-29-17-30)25-22(35-23)16-21-20(15-24(36-21)28(2,3)32)26(25)34-19-8-6-5-7-9-19/h10-11,13-14,16,19,24,29,32H,4-9,12,15,17H2,1-3H3/p+1/b18-10+/t24-/m0/s1. The van der Waals surface area contributed by atoms with Crippen LogP contribution < -0.4 is 24.4 Å². The molecule has 0 spiro atoms. The fraction of sp³-hybridized carbons (Fsp3) is 0.536. The van der Waals surface area contributed by atoms with Gasteiger partial charge >= 0.3 is 5.97 Å². The van der Waals surface area contributed by atoms with E-state index in [-0.39, 0.29) is 18.5 Å². The van der Waals surface area contributed by atoms with Gasteiger partial charge in [0.1, 0.15) is 36.1 Å². The lowest BCUT2D eigenvalue weighted by molar-refractivity contribution is -0.836. The smallest absolute Gasteiger partial charge is 0.374 e. The van der Waals surface area contributed by atoms with Crippen molar-refractivity contribution < 1.29 is 33.7 Å². The molecule has 0 saturated heterocycles. The molecule has 0 radical (unpaired) electrons. The number of carbonyl (C=O) groups excluding carboxylic acids is 1. The molecular weight excluding hydrogens is 460 g/mol. The van der Waals surface area contributed by atoms with Gasteiger partial charge in [0, 0.05) is 18.1 Å². The molecule has 0 amide bonds. The molecule has 3 N–H and O–H groups in total. The first-order chi connectivity index (χ1) is 17.3. The normalized spacial score (nSPS) is 24.3. The summed E-state index contributed by atoms with van der Waals surface area (Å²) in [6.07, 6.45) is 13.7. The number of hydrogen-bond donors (Lipinski definition) is 3. The zero-order valence-corrected chi connectivity index (χ0v) is 21.4. The van der Waals surface area contributed by atoms with Crippen molar-refractivity contribution in [3.8, 4) is 17.2 Å². The Balaban J connectivity index is 1.59. The van der Waals surface area contributed by atoms with Crippen LogP contribution in [0, 0.1) is 0 Å². The minimum atomic E-state index is -1.02. The van der Waals surface area contributed by atoms with Crippen LogP contribution in [0.3, 0.4) is 0 Å². The van der Waals surface area contributed by atoms with Crippen LogP contribution in [0.1, 0.15) is 64.0 Å². The van der Waals surface area contributed by atoms with Gasteiger partial charge in [-0.3, -0.25) is 4.90 Å². The molecule has 1 fully saturated rings. The van der Waals surface area contributed by atoms with Crippen LogP contribution in [-0.2, 0) is 16.0 Å². The fourth-order valence-electron chi connectivity index (χ4n) is 5.19. The zero-order chi connectivity index (χ0) is 25.3. The van der Waals surface area contributed by atoms with Gasteiger partial charge < -0.3 is 29.4 Å². The number of fused-ring (bicyclic) bond motifs is 2. The van der Waals surface area contributed by atoms with E-state index in [9.17, 15) is 9.90 Å². The van der Waals surface area contributed by atoms with Crippen molar-refractivity contribution in [3.05, 3.63) is 47.5 Å². The first-order valence-electron chi connectivity index (χ1n) is 13.1. The van der Waals surface area contributed by atoms with Crippen molar-refractivity contribution in [2.45, 2.75) is 77.1 Å². The van der Waals surface area contributed by atoms with Crippen LogP contribution in [0.2, 0.25) is 0 Å². The molecule has 194 valence electrons. The van der Waals surface area contributed by atoms with Gasteiger partial charge in [0.15, 0.2) is 6.67 Å². The summed E-state index contributed by atoms with van der Waals surface area (Å²) >= 11 is 0. The molecule has 2 atom stereocenters. The molecule has 5 rings (SSSR count). The predicted molar refractivity (Wildman–Crippen MR) is 135 cm³/mol. The largest absolute Gasteiger partial charge is 0.489 e. The molecule has 36 heavy (non-hydrogen) atoms. The highest BCUT2D eigenvalue weighted by molar-refractivity contribution is 5.95. The summed E-state index contributed by atoms with van der Waals surface area (Å²) in [4.78, 5) is 13.9. The number of esters is 1. The molecule has 8 heteroatoms. The summed E-state index contributed by atoms with van der Waals surface area (Å²) in [5.41, 5.74) is 1.63. The number of ether oxygens (including phenoxy) is 4. The van der Waals surface area contributed by atoms with Crippen molar-refractivity contribution in [1.82, 2.24) is 5.32 Å². The molecule has 3 aliphatic heterocycles. The predicted octanol–water partition coefficient (Wildman–Crippen LogP) is 2.61. The molecule has 0 aromatic heterocycles. The van der Waals surface area contributed by atoms with Gasteiger partial charge in [-0.25, -0.2) is 4.79 Å². The second-order valence-corrected chi connectivity index (χ2v) is 10.5. The maximum absolute atomic E-state index is 12.7. The van der Waals surface area contributed by atoms with Crippen LogP contribution in [0.25, 0.3) is 5.57 Å². The molecule has 1 aromatic carbocycles. The Morgan fingerprint density at radius 2 is 2.08 bits per heavy atom. The van der Waals surface area contributed by atoms with E-state index in [0.717, 1.165) is 61.3 Å². The minimum Gasteiger partial charge on any atom is -0.489 e. The number of benzene rings is 1. The highest BCUT2D eigenvalue weighted by Crippen LogP contribution is 2.50. The fourth-order valence-corrected chi connectivity index (χ4v) is 5.19. The number of nitrogens with one attached hydrogen (secondary N) is 2. The highest BCUT2D eigenvalue weighted by Gasteiger charge is 2.40. The van der Waals surface area contributed by atoms with Crippen molar-refractivity contribution in [2.75, 3.05) is 19.8 Å². The van der Waals surface area contributed by atoms with E-state index in [1.165, 1.54) is 11.3 Å². The second-order valence-electron chi connectivity index (χ2n) is 10.5. The average molecular weight is 498 g/mol. The van der Waals surface area contributed by atoms with Crippen LogP contribution >= 0.6 is 0 Å². The first-order valence-corrected chi connectivity index (χ1v) is 13.1. The maximum atomic E-state index is 12.7. The van der Waals surface area contributed by atoms with E-state index < -0.39 is 17.7 Å². The third kappa shape index (κ3) is 5.11. The summed E-state index contributed by atoms with van der Waals surface area (Å²) in [6, 6.07) is 1.83. The van der Waals surface area contributed by atoms with Crippen LogP contribution in [0.5, 0.6) is 17.2 Å². The van der Waals surface area contributed by atoms with Gasteiger partial charge in [0.2, 0.25) is 5.76 Å². The van der Waals surface area contributed by atoms with E-state index in [4.69, 9.17) is 18.9 Å². The van der Waals surface area contributed by atoms with E-state index >= 15 is 0 Å². The van der Waals surface area contributed by atoms with E-state index in [1.807, 2.05) is 12.3 Å². The summed E-state index contributed by atoms with van der Waals surface area (Å²) in [6.45, 7) is 7.08. The lowest BCUT2D eigenvalue weighted by Crippen LogP contribution is -3.07. The van der Waals surface area contributed by atoms with Crippen molar-refractivity contribution in [2.24, 2.45) is 0 Å². The first kappa shape index (κ1) is 24.7. The Kier molecular flexibility index (Phi) is 6.99. The van der Waals surface area contributed by atoms with Crippen molar-refractivity contribution >= 4 is 11.5 Å². The van der Waals surface area contributed by atoms with Crippen molar-refractivity contribution in [3.63, 3.8) is 0 Å². The lowest BCUT2D eigenvalue weighted by Gasteiger charge is -2.28. The van der Waals surface area contributed by atoms with Gasteiger partial charge in [-0.05, 0) is 64.2 Å². The Labute approximate surface area is 212 Å². The minimum absolute atomic E-state index is 0.114. The van der Waals surface area contributed by atoms with Gasteiger partial charge in [0.05, 0.1) is 30.1 Å². The average Bonchev–Trinajstić information content (AvgIpc) is 3.53. The number of allylic oxidation sites excluding steroid dienone is 2. The van der Waals surface area contributed by atoms with E-state index in [2.05, 4.69) is 17.6 Å². The summed E-state index contributed by atoms with van der Waals surface area (Å²) in [5.74, 6) is 1.53. The molecule has 1 aromatic rings. The molecule has 4 aliphatic rings. The third-order valence-corrected chi connectivity index (χ3v) is 7.21. The monoisotopic (exact) mass is 497 g/mol. The zero-order valence-electron chi connectivity index (χ0n) is 21.4. The van der Waals surface area contributed by atoms with Crippen LogP contribution in [-0.4, -0.2) is 48.7 Å². The molecule has 1 unspecified atom stereocenters. The van der Waals surface area contributed by atoms with Gasteiger partial charge in [0.25, 0.3) is 0 Å². The number of carbonyl (C=O) groups is 1. The highest BCUT2D eigenvalue weighted by atomic mass is 16.6. The van der Waals surface area contributed by atoms with Crippen LogP contribution in [0.15, 0.2) is 36.4 Å². The Morgan fingerprint density at radius 1 is 1.28 bits per heavy atom. The number of aliphatic hydroxyl groups is 1. The molecular formula is C28H37N2O6+.